The van der Waals surface area contributed by atoms with Crippen LogP contribution in [0.2, 0.25) is 0 Å². The first-order valence-corrected chi connectivity index (χ1v) is 6.93. The number of benzene rings is 1. The Labute approximate surface area is 118 Å². The molecule has 0 aliphatic carbocycles. The summed E-state index contributed by atoms with van der Waals surface area (Å²) in [4.78, 5) is 17.7. The summed E-state index contributed by atoms with van der Waals surface area (Å²) >= 11 is 1.24. The Morgan fingerprint density at radius 1 is 1.45 bits per heavy atom. The average Bonchev–Trinajstić information content (AvgIpc) is 2.99. The second-order valence-corrected chi connectivity index (χ2v) is 5.51. The lowest BCUT2D eigenvalue weighted by atomic mass is 10.3. The maximum Gasteiger partial charge on any atom is 0.240 e. The van der Waals surface area contributed by atoms with Gasteiger partial charge in [-0.05, 0) is 18.6 Å². The number of carbonyl (C=O) groups excluding carboxylic acids is 1. The molecule has 1 aliphatic heterocycles. The Bertz CT molecular complexity index is 646. The van der Waals surface area contributed by atoms with Gasteiger partial charge in [0.05, 0.1) is 10.9 Å². The molecule has 2 aromatic rings. The summed E-state index contributed by atoms with van der Waals surface area (Å²) < 4.78 is 13.7. The molecule has 0 unspecified atom stereocenters. The van der Waals surface area contributed by atoms with E-state index in [4.69, 9.17) is 5.73 Å². The number of aromatic nitrogens is 3. The van der Waals surface area contributed by atoms with Gasteiger partial charge in [-0.3, -0.25) is 4.79 Å². The number of hydrogen-bond donors (Lipinski definition) is 2. The van der Waals surface area contributed by atoms with Crippen LogP contribution < -0.4 is 10.6 Å². The monoisotopic (exact) mass is 293 g/mol. The molecule has 0 saturated carbocycles. The smallest absolute Gasteiger partial charge is 0.240 e. The molecule has 1 aromatic heterocycles. The fraction of sp³-hybridized carbons (Fsp3) is 0.250. The molecule has 3 rings (SSSR count). The lowest BCUT2D eigenvalue weighted by molar-refractivity contribution is -0.116. The molecule has 1 saturated heterocycles. The summed E-state index contributed by atoms with van der Waals surface area (Å²) in [5.41, 5.74) is 5.75. The number of nitrogens with two attached hydrogens (primary N) is 1. The quantitative estimate of drug-likeness (QED) is 0.893. The lowest BCUT2D eigenvalue weighted by Crippen LogP contribution is -2.28. The molecule has 3 N–H and O–H groups in total. The zero-order chi connectivity index (χ0) is 14.1. The molecule has 1 amide bonds. The number of hydrogen-bond acceptors (Lipinski definition) is 5. The summed E-state index contributed by atoms with van der Waals surface area (Å²) in [6.07, 6.45) is 0.617. The first kappa shape index (κ1) is 12.9. The number of anilines is 2. The third kappa shape index (κ3) is 2.34. The molecule has 1 fully saturated rings. The fourth-order valence-corrected chi connectivity index (χ4v) is 3.07. The predicted molar refractivity (Wildman–Crippen MR) is 73.8 cm³/mol. The van der Waals surface area contributed by atoms with E-state index in [9.17, 15) is 9.18 Å². The van der Waals surface area contributed by atoms with E-state index in [0.29, 0.717) is 23.8 Å². The zero-order valence-electron chi connectivity index (χ0n) is 10.4. The van der Waals surface area contributed by atoms with Crippen LogP contribution in [0.25, 0.3) is 0 Å². The van der Waals surface area contributed by atoms with Crippen molar-refractivity contribution in [2.75, 3.05) is 17.2 Å². The van der Waals surface area contributed by atoms with Gasteiger partial charge < -0.3 is 10.6 Å². The van der Waals surface area contributed by atoms with Gasteiger partial charge in [0.2, 0.25) is 17.0 Å². The molecule has 6 nitrogen and oxygen atoms in total. The molecule has 0 radical (unpaired) electrons. The molecule has 8 heteroatoms. The minimum atomic E-state index is -0.395. The highest BCUT2D eigenvalue weighted by Crippen LogP contribution is 2.32. The van der Waals surface area contributed by atoms with Crippen molar-refractivity contribution in [2.24, 2.45) is 0 Å². The van der Waals surface area contributed by atoms with Crippen molar-refractivity contribution in [3.05, 3.63) is 30.1 Å². The number of para-hydroxylation sites is 1. The third-order valence-electron chi connectivity index (χ3n) is 3.03. The predicted octanol–water partition coefficient (Wildman–Crippen LogP) is 1.42. The number of nitrogen functional groups attached to an aromatic ring is 1. The number of aromatic amines is 1. The Morgan fingerprint density at radius 3 is 2.95 bits per heavy atom. The van der Waals surface area contributed by atoms with Crippen molar-refractivity contribution >= 4 is 29.3 Å². The van der Waals surface area contributed by atoms with Crippen LogP contribution in [-0.4, -0.2) is 32.9 Å². The number of nitrogens with zero attached hydrogens (tertiary/aromatic N) is 3. The Hall–Kier alpha value is -2.09. The summed E-state index contributed by atoms with van der Waals surface area (Å²) in [6.45, 7) is 0.483. The van der Waals surface area contributed by atoms with Crippen LogP contribution >= 0.6 is 11.8 Å². The molecule has 1 atom stereocenters. The number of rotatable bonds is 3. The van der Waals surface area contributed by atoms with E-state index in [-0.39, 0.29) is 17.1 Å². The first-order valence-electron chi connectivity index (χ1n) is 6.05. The van der Waals surface area contributed by atoms with Gasteiger partial charge in [-0.1, -0.05) is 23.9 Å². The molecule has 20 heavy (non-hydrogen) atoms. The molecule has 104 valence electrons. The molecular weight excluding hydrogens is 281 g/mol. The van der Waals surface area contributed by atoms with Gasteiger partial charge in [0.25, 0.3) is 0 Å². The van der Waals surface area contributed by atoms with Crippen molar-refractivity contribution in [2.45, 2.75) is 16.8 Å². The highest BCUT2D eigenvalue weighted by molar-refractivity contribution is 8.00. The van der Waals surface area contributed by atoms with E-state index < -0.39 is 5.82 Å². The Kier molecular flexibility index (Phi) is 3.31. The maximum atomic E-state index is 13.7. The van der Waals surface area contributed by atoms with E-state index in [2.05, 4.69) is 15.2 Å². The number of nitrogens with one attached hydrogen (secondary N) is 1. The van der Waals surface area contributed by atoms with Crippen LogP contribution in [0.15, 0.2) is 29.4 Å². The lowest BCUT2D eigenvalue weighted by Gasteiger charge is -2.16. The zero-order valence-corrected chi connectivity index (χ0v) is 11.2. The van der Waals surface area contributed by atoms with Crippen LogP contribution in [0.3, 0.4) is 0 Å². The van der Waals surface area contributed by atoms with E-state index in [1.807, 2.05) is 0 Å². The highest BCUT2D eigenvalue weighted by atomic mass is 32.2. The average molecular weight is 293 g/mol. The number of halogens is 1. The number of carbonyl (C=O) groups is 1. The van der Waals surface area contributed by atoms with Crippen LogP contribution in [0.1, 0.15) is 6.42 Å². The number of H-pyrrole nitrogens is 1. The summed E-state index contributed by atoms with van der Waals surface area (Å²) in [5, 5.41) is 6.52. The summed E-state index contributed by atoms with van der Waals surface area (Å²) in [5.74, 6) is -0.319. The molecular formula is C12H12FN5OS. The van der Waals surface area contributed by atoms with Gasteiger partial charge in [-0.25, -0.2) is 9.49 Å². The number of amides is 1. The van der Waals surface area contributed by atoms with Gasteiger partial charge in [-0.15, -0.1) is 5.10 Å². The Balaban J connectivity index is 1.76. The van der Waals surface area contributed by atoms with Crippen LogP contribution in [0.5, 0.6) is 0 Å². The fourth-order valence-electron chi connectivity index (χ4n) is 2.11. The van der Waals surface area contributed by atoms with E-state index in [0.717, 1.165) is 0 Å². The maximum absolute atomic E-state index is 13.7. The highest BCUT2D eigenvalue weighted by Gasteiger charge is 2.35. The van der Waals surface area contributed by atoms with Crippen molar-refractivity contribution < 1.29 is 9.18 Å². The van der Waals surface area contributed by atoms with Crippen molar-refractivity contribution in [1.29, 1.82) is 0 Å². The molecule has 0 spiro atoms. The molecule has 0 bridgehead atoms. The van der Waals surface area contributed by atoms with E-state index >= 15 is 0 Å². The minimum absolute atomic E-state index is 0.136. The van der Waals surface area contributed by atoms with E-state index in [1.54, 1.807) is 18.2 Å². The Morgan fingerprint density at radius 2 is 2.25 bits per heavy atom. The van der Waals surface area contributed by atoms with Crippen molar-refractivity contribution in [3.8, 4) is 0 Å². The molecule has 1 aliphatic rings. The third-order valence-corrected chi connectivity index (χ3v) is 4.14. The topological polar surface area (TPSA) is 87.9 Å². The van der Waals surface area contributed by atoms with Crippen LogP contribution in [0.4, 0.5) is 16.0 Å². The van der Waals surface area contributed by atoms with E-state index in [1.165, 1.54) is 22.7 Å². The van der Waals surface area contributed by atoms with Gasteiger partial charge in [0.1, 0.15) is 5.82 Å². The SMILES string of the molecule is Nc1nc(S[C@@H]2CCN(c3ccccc3F)C2=O)n[nH]1. The first-order chi connectivity index (χ1) is 9.65. The minimum Gasteiger partial charge on any atom is -0.368 e. The van der Waals surface area contributed by atoms with Crippen molar-refractivity contribution in [1.82, 2.24) is 15.2 Å². The standard InChI is InChI=1S/C12H12FN5OS/c13-7-3-1-2-4-8(7)18-6-5-9(10(18)19)20-12-15-11(14)16-17-12/h1-4,9H,5-6H2,(H3,14,15,16,17)/t9-/m1/s1. The number of thioether (sulfide) groups is 1. The normalized spacial score (nSPS) is 18.8. The van der Waals surface area contributed by atoms with Crippen LogP contribution in [-0.2, 0) is 4.79 Å². The second kappa shape index (κ2) is 5.12. The van der Waals surface area contributed by atoms with Gasteiger partial charge in [-0.2, -0.15) is 4.98 Å². The van der Waals surface area contributed by atoms with Crippen molar-refractivity contribution in [3.63, 3.8) is 0 Å². The largest absolute Gasteiger partial charge is 0.368 e. The van der Waals surface area contributed by atoms with Gasteiger partial charge in [0.15, 0.2) is 0 Å². The summed E-state index contributed by atoms with van der Waals surface area (Å²) in [6, 6.07) is 6.26. The molecule has 2 heterocycles. The molecule has 1 aromatic carbocycles. The summed E-state index contributed by atoms with van der Waals surface area (Å²) in [7, 11) is 0. The van der Waals surface area contributed by atoms with Gasteiger partial charge >= 0.3 is 0 Å². The van der Waals surface area contributed by atoms with Crippen LogP contribution in [0, 0.1) is 5.82 Å². The van der Waals surface area contributed by atoms with Gasteiger partial charge in [0, 0.05) is 6.54 Å². The second-order valence-electron chi connectivity index (χ2n) is 4.34.